The van der Waals surface area contributed by atoms with Crippen LogP contribution in [0.3, 0.4) is 0 Å². The molecule has 1 aliphatic rings. The van der Waals surface area contributed by atoms with Crippen LogP contribution < -0.4 is 16.0 Å². The first kappa shape index (κ1) is 15.4. The molecule has 0 bridgehead atoms. The lowest BCUT2D eigenvalue weighted by Gasteiger charge is -2.18. The third-order valence-electron chi connectivity index (χ3n) is 3.05. The van der Waals surface area contributed by atoms with Crippen molar-refractivity contribution in [1.29, 1.82) is 0 Å². The first-order chi connectivity index (χ1) is 8.91. The van der Waals surface area contributed by atoms with Gasteiger partial charge in [-0.3, -0.25) is 9.59 Å². The number of aliphatic carboxylic acids is 1. The van der Waals surface area contributed by atoms with Crippen LogP contribution in [-0.4, -0.2) is 48.1 Å². The Balaban J connectivity index is 2.34. The van der Waals surface area contributed by atoms with E-state index in [1.54, 1.807) is 13.8 Å². The lowest BCUT2D eigenvalue weighted by molar-refractivity contribution is -0.143. The Hall–Kier alpha value is -1.63. The Morgan fingerprint density at radius 1 is 1.37 bits per heavy atom. The smallest absolute Gasteiger partial charge is 0.326 e. The summed E-state index contributed by atoms with van der Waals surface area (Å²) in [6.45, 7) is 4.02. The maximum Gasteiger partial charge on any atom is 0.326 e. The fraction of sp³-hybridized carbons (Fsp3) is 0.750. The molecule has 19 heavy (non-hydrogen) atoms. The van der Waals surface area contributed by atoms with E-state index in [1.165, 1.54) is 0 Å². The van der Waals surface area contributed by atoms with Crippen molar-refractivity contribution < 1.29 is 19.5 Å². The van der Waals surface area contributed by atoms with Crippen molar-refractivity contribution in [3.63, 3.8) is 0 Å². The molecule has 7 heteroatoms. The number of rotatable bonds is 6. The maximum absolute atomic E-state index is 11.6. The molecule has 0 radical (unpaired) electrons. The summed E-state index contributed by atoms with van der Waals surface area (Å²) in [6.07, 6.45) is 1.70. The lowest BCUT2D eigenvalue weighted by Crippen LogP contribution is -2.49. The Morgan fingerprint density at radius 3 is 2.53 bits per heavy atom. The zero-order chi connectivity index (χ0) is 14.4. The highest BCUT2D eigenvalue weighted by atomic mass is 16.4. The highest BCUT2D eigenvalue weighted by Gasteiger charge is 2.25. The molecule has 0 aromatic heterocycles. The Kier molecular flexibility index (Phi) is 5.75. The minimum absolute atomic E-state index is 0.201. The van der Waals surface area contributed by atoms with E-state index in [0.29, 0.717) is 0 Å². The van der Waals surface area contributed by atoms with Crippen LogP contribution in [0.1, 0.15) is 26.7 Å². The quantitative estimate of drug-likeness (QED) is 0.500. The highest BCUT2D eigenvalue weighted by Crippen LogP contribution is 2.04. The van der Waals surface area contributed by atoms with Crippen molar-refractivity contribution >= 4 is 17.8 Å². The summed E-state index contributed by atoms with van der Waals surface area (Å²) >= 11 is 0. The number of hydrogen-bond donors (Lipinski definition) is 4. The highest BCUT2D eigenvalue weighted by molar-refractivity contribution is 5.89. The van der Waals surface area contributed by atoms with Gasteiger partial charge in [-0.25, -0.2) is 4.79 Å². The van der Waals surface area contributed by atoms with Crippen molar-refractivity contribution in [2.45, 2.75) is 38.8 Å². The van der Waals surface area contributed by atoms with E-state index in [9.17, 15) is 14.4 Å². The van der Waals surface area contributed by atoms with Crippen molar-refractivity contribution in [2.24, 2.45) is 5.92 Å². The summed E-state index contributed by atoms with van der Waals surface area (Å²) < 4.78 is 0. The molecule has 1 heterocycles. The van der Waals surface area contributed by atoms with Gasteiger partial charge in [0, 0.05) is 0 Å². The summed E-state index contributed by atoms with van der Waals surface area (Å²) in [5.74, 6) is -2.00. The fourth-order valence-electron chi connectivity index (χ4n) is 1.94. The van der Waals surface area contributed by atoms with Gasteiger partial charge in [0.25, 0.3) is 0 Å². The van der Waals surface area contributed by atoms with E-state index < -0.39 is 17.9 Å². The third kappa shape index (κ3) is 4.86. The van der Waals surface area contributed by atoms with Crippen molar-refractivity contribution in [1.82, 2.24) is 16.0 Å². The number of carbonyl (C=O) groups excluding carboxylic acids is 2. The molecule has 1 aliphatic heterocycles. The van der Waals surface area contributed by atoms with Gasteiger partial charge in [-0.15, -0.1) is 0 Å². The zero-order valence-electron chi connectivity index (χ0n) is 11.2. The topological polar surface area (TPSA) is 108 Å². The molecule has 4 N–H and O–H groups in total. The normalized spacial score (nSPS) is 20.1. The average molecular weight is 271 g/mol. The maximum atomic E-state index is 11.6. The number of hydrogen-bond acceptors (Lipinski definition) is 4. The summed E-state index contributed by atoms with van der Waals surface area (Å²) in [6, 6.07) is -1.18. The zero-order valence-corrected chi connectivity index (χ0v) is 11.2. The third-order valence-corrected chi connectivity index (χ3v) is 3.05. The molecule has 2 atom stereocenters. The van der Waals surface area contributed by atoms with Gasteiger partial charge in [0.15, 0.2) is 0 Å². The summed E-state index contributed by atoms with van der Waals surface area (Å²) in [5, 5.41) is 16.8. The number of carboxylic acid groups (broad SMARTS) is 1. The van der Waals surface area contributed by atoms with Crippen LogP contribution in [0.25, 0.3) is 0 Å². The van der Waals surface area contributed by atoms with E-state index >= 15 is 0 Å². The second kappa shape index (κ2) is 7.08. The SMILES string of the molecule is CC(C)[C@H](NC(=O)CNC(=O)[C@H]1CCCN1)C(=O)O. The van der Waals surface area contributed by atoms with Crippen molar-refractivity contribution in [3.8, 4) is 0 Å². The van der Waals surface area contributed by atoms with Crippen LogP contribution in [0.4, 0.5) is 0 Å². The molecular weight excluding hydrogens is 250 g/mol. The summed E-state index contributed by atoms with van der Waals surface area (Å²) in [4.78, 5) is 34.1. The van der Waals surface area contributed by atoms with E-state index in [2.05, 4.69) is 16.0 Å². The Bertz CT molecular complexity index is 351. The van der Waals surface area contributed by atoms with Gasteiger partial charge in [-0.05, 0) is 25.3 Å². The molecule has 0 aromatic carbocycles. The standard InChI is InChI=1S/C12H21N3O4/c1-7(2)10(12(18)19)15-9(16)6-14-11(17)8-4-3-5-13-8/h7-8,10,13H,3-6H2,1-2H3,(H,14,17)(H,15,16)(H,18,19)/t8-,10+/m1/s1. The van der Waals surface area contributed by atoms with Crippen LogP contribution >= 0.6 is 0 Å². The molecule has 0 aliphatic carbocycles. The molecule has 108 valence electrons. The number of carbonyl (C=O) groups is 3. The number of carboxylic acids is 1. The molecule has 1 saturated heterocycles. The molecule has 2 amide bonds. The van der Waals surface area contributed by atoms with Gasteiger partial charge < -0.3 is 21.1 Å². The first-order valence-corrected chi connectivity index (χ1v) is 6.45. The first-order valence-electron chi connectivity index (χ1n) is 6.45. The Morgan fingerprint density at radius 2 is 2.05 bits per heavy atom. The molecule has 0 saturated carbocycles. The Labute approximate surface area is 112 Å². The average Bonchev–Trinajstić information content (AvgIpc) is 2.85. The summed E-state index contributed by atoms with van der Waals surface area (Å²) in [7, 11) is 0. The van der Waals surface area contributed by atoms with E-state index in [4.69, 9.17) is 5.11 Å². The van der Waals surface area contributed by atoms with Gasteiger partial charge >= 0.3 is 5.97 Å². The van der Waals surface area contributed by atoms with Crippen LogP contribution in [0.5, 0.6) is 0 Å². The lowest BCUT2D eigenvalue weighted by atomic mass is 10.1. The molecule has 1 fully saturated rings. The molecule has 0 spiro atoms. The molecule has 7 nitrogen and oxygen atoms in total. The molecule has 1 rings (SSSR count). The largest absolute Gasteiger partial charge is 0.480 e. The second-order valence-corrected chi connectivity index (χ2v) is 4.99. The molecule has 0 aromatic rings. The fourth-order valence-corrected chi connectivity index (χ4v) is 1.94. The van der Waals surface area contributed by atoms with Crippen LogP contribution in [-0.2, 0) is 14.4 Å². The predicted octanol–water partition coefficient (Wildman–Crippen LogP) is -0.920. The van der Waals surface area contributed by atoms with Gasteiger partial charge in [0.1, 0.15) is 6.04 Å². The molecule has 0 unspecified atom stereocenters. The van der Waals surface area contributed by atoms with Crippen molar-refractivity contribution in [2.75, 3.05) is 13.1 Å². The minimum Gasteiger partial charge on any atom is -0.480 e. The van der Waals surface area contributed by atoms with Crippen LogP contribution in [0, 0.1) is 5.92 Å². The van der Waals surface area contributed by atoms with Crippen molar-refractivity contribution in [3.05, 3.63) is 0 Å². The van der Waals surface area contributed by atoms with E-state index in [-0.39, 0.29) is 24.4 Å². The van der Waals surface area contributed by atoms with Gasteiger partial charge in [-0.1, -0.05) is 13.8 Å². The predicted molar refractivity (Wildman–Crippen MR) is 68.4 cm³/mol. The van der Waals surface area contributed by atoms with E-state index in [1.807, 2.05) is 0 Å². The van der Waals surface area contributed by atoms with Gasteiger partial charge in [-0.2, -0.15) is 0 Å². The molecular formula is C12H21N3O4. The van der Waals surface area contributed by atoms with Crippen LogP contribution in [0.2, 0.25) is 0 Å². The monoisotopic (exact) mass is 271 g/mol. The number of amides is 2. The summed E-state index contributed by atoms with van der Waals surface area (Å²) in [5.41, 5.74) is 0. The van der Waals surface area contributed by atoms with Gasteiger partial charge in [0.2, 0.25) is 11.8 Å². The minimum atomic E-state index is -1.08. The number of nitrogens with one attached hydrogen (secondary N) is 3. The van der Waals surface area contributed by atoms with Crippen LogP contribution in [0.15, 0.2) is 0 Å². The second-order valence-electron chi connectivity index (χ2n) is 4.99. The van der Waals surface area contributed by atoms with Gasteiger partial charge in [0.05, 0.1) is 12.6 Å². The van der Waals surface area contributed by atoms with E-state index in [0.717, 1.165) is 19.4 Å².